The van der Waals surface area contributed by atoms with Crippen molar-refractivity contribution >= 4 is 0 Å². The van der Waals surface area contributed by atoms with Gasteiger partial charge < -0.3 is 9.80 Å². The number of hydrogen-bond acceptors (Lipinski definition) is 5. The Hall–Kier alpha value is -0.950. The molecule has 1 aliphatic rings. The van der Waals surface area contributed by atoms with E-state index >= 15 is 0 Å². The van der Waals surface area contributed by atoms with Gasteiger partial charge in [0.15, 0.2) is 0 Å². The molecule has 1 aliphatic heterocycles. The SMILES string of the molecule is Cc1cc(CC(CC2CN(C)CCN2C)NN)n(C)n1. The van der Waals surface area contributed by atoms with Crippen molar-refractivity contribution < 1.29 is 0 Å². The molecular weight excluding hydrogens is 252 g/mol. The smallest absolute Gasteiger partial charge is 0.0596 e. The van der Waals surface area contributed by atoms with Gasteiger partial charge in [0, 0.05) is 50.9 Å². The summed E-state index contributed by atoms with van der Waals surface area (Å²) in [5.41, 5.74) is 5.28. The Labute approximate surface area is 121 Å². The fourth-order valence-corrected chi connectivity index (χ4v) is 3.00. The summed E-state index contributed by atoms with van der Waals surface area (Å²) < 4.78 is 1.95. The molecule has 0 aliphatic carbocycles. The molecule has 6 nitrogen and oxygen atoms in total. The van der Waals surface area contributed by atoms with Crippen LogP contribution in [-0.2, 0) is 13.5 Å². The molecule has 3 N–H and O–H groups in total. The number of hydrazine groups is 1. The number of nitrogens with two attached hydrogens (primary N) is 1. The summed E-state index contributed by atoms with van der Waals surface area (Å²) >= 11 is 0. The number of aryl methyl sites for hydroxylation is 2. The molecule has 2 rings (SSSR count). The van der Waals surface area contributed by atoms with Gasteiger partial charge in [-0.1, -0.05) is 0 Å². The molecule has 2 unspecified atom stereocenters. The van der Waals surface area contributed by atoms with Crippen LogP contribution in [0.25, 0.3) is 0 Å². The quantitative estimate of drug-likeness (QED) is 0.575. The van der Waals surface area contributed by atoms with Crippen molar-refractivity contribution in [1.29, 1.82) is 0 Å². The molecule has 1 aromatic heterocycles. The summed E-state index contributed by atoms with van der Waals surface area (Å²) in [5, 5.41) is 4.40. The number of piperazine rings is 1. The highest BCUT2D eigenvalue weighted by Crippen LogP contribution is 2.14. The van der Waals surface area contributed by atoms with Crippen LogP contribution in [0.15, 0.2) is 6.07 Å². The molecule has 2 atom stereocenters. The summed E-state index contributed by atoms with van der Waals surface area (Å²) in [6.07, 6.45) is 1.98. The molecule has 20 heavy (non-hydrogen) atoms. The maximum absolute atomic E-state index is 5.76. The van der Waals surface area contributed by atoms with Crippen molar-refractivity contribution in [1.82, 2.24) is 25.0 Å². The molecule has 0 spiro atoms. The zero-order valence-electron chi connectivity index (χ0n) is 13.1. The number of aromatic nitrogens is 2. The van der Waals surface area contributed by atoms with Crippen molar-refractivity contribution in [2.75, 3.05) is 33.7 Å². The van der Waals surface area contributed by atoms with Crippen LogP contribution in [-0.4, -0.2) is 65.4 Å². The van der Waals surface area contributed by atoms with E-state index in [0.29, 0.717) is 6.04 Å². The van der Waals surface area contributed by atoms with Crippen molar-refractivity contribution in [3.8, 4) is 0 Å². The minimum Gasteiger partial charge on any atom is -0.304 e. The third kappa shape index (κ3) is 3.79. The third-order valence-electron chi connectivity index (χ3n) is 4.33. The summed E-state index contributed by atoms with van der Waals surface area (Å²) in [6, 6.07) is 2.98. The maximum Gasteiger partial charge on any atom is 0.0596 e. The van der Waals surface area contributed by atoms with Gasteiger partial charge in [0.05, 0.1) is 5.69 Å². The van der Waals surface area contributed by atoms with Crippen LogP contribution in [0.4, 0.5) is 0 Å². The average Bonchev–Trinajstić information content (AvgIpc) is 2.71. The Kier molecular flexibility index (Phi) is 5.15. The molecule has 0 aromatic carbocycles. The predicted molar refractivity (Wildman–Crippen MR) is 81.3 cm³/mol. The Morgan fingerprint density at radius 3 is 2.75 bits per heavy atom. The van der Waals surface area contributed by atoms with Crippen LogP contribution in [0.3, 0.4) is 0 Å². The van der Waals surface area contributed by atoms with Gasteiger partial charge in [0.25, 0.3) is 0 Å². The topological polar surface area (TPSA) is 62.4 Å². The molecule has 0 radical (unpaired) electrons. The van der Waals surface area contributed by atoms with Crippen molar-refractivity contribution in [2.45, 2.75) is 31.8 Å². The average molecular weight is 280 g/mol. The second-order valence-electron chi connectivity index (χ2n) is 6.10. The number of nitrogens with one attached hydrogen (secondary N) is 1. The van der Waals surface area contributed by atoms with E-state index in [9.17, 15) is 0 Å². The van der Waals surface area contributed by atoms with Crippen LogP contribution in [0.2, 0.25) is 0 Å². The van der Waals surface area contributed by atoms with Gasteiger partial charge >= 0.3 is 0 Å². The van der Waals surface area contributed by atoms with Crippen LogP contribution in [0, 0.1) is 6.92 Å². The lowest BCUT2D eigenvalue weighted by atomic mass is 10.00. The monoisotopic (exact) mass is 280 g/mol. The van der Waals surface area contributed by atoms with Crippen LogP contribution < -0.4 is 11.3 Å². The van der Waals surface area contributed by atoms with Crippen LogP contribution in [0.5, 0.6) is 0 Å². The van der Waals surface area contributed by atoms with E-state index in [1.165, 1.54) is 5.69 Å². The fraction of sp³-hybridized carbons (Fsp3) is 0.786. The zero-order valence-corrected chi connectivity index (χ0v) is 13.1. The molecule has 0 bridgehead atoms. The summed E-state index contributed by atoms with van der Waals surface area (Å²) in [6.45, 7) is 5.41. The van der Waals surface area contributed by atoms with E-state index < -0.39 is 0 Å². The number of nitrogens with zero attached hydrogens (tertiary/aromatic N) is 4. The van der Waals surface area contributed by atoms with Gasteiger partial charge in [0.2, 0.25) is 0 Å². The van der Waals surface area contributed by atoms with E-state index in [4.69, 9.17) is 5.84 Å². The number of likely N-dealkylation sites (N-methyl/N-ethyl adjacent to an activating group) is 2. The Morgan fingerprint density at radius 1 is 1.40 bits per heavy atom. The molecule has 1 aromatic rings. The van der Waals surface area contributed by atoms with Gasteiger partial charge in [-0.2, -0.15) is 5.10 Å². The second kappa shape index (κ2) is 6.67. The van der Waals surface area contributed by atoms with E-state index in [1.54, 1.807) is 0 Å². The lowest BCUT2D eigenvalue weighted by molar-refractivity contribution is 0.101. The predicted octanol–water partition coefficient (Wildman–Crippen LogP) is -0.261. The summed E-state index contributed by atoms with van der Waals surface area (Å²) in [4.78, 5) is 4.84. The Balaban J connectivity index is 1.96. The first-order valence-corrected chi connectivity index (χ1v) is 7.34. The fourth-order valence-electron chi connectivity index (χ4n) is 3.00. The Bertz CT molecular complexity index is 429. The molecule has 0 saturated carbocycles. The molecule has 114 valence electrons. The van der Waals surface area contributed by atoms with Gasteiger partial charge in [-0.05, 0) is 33.5 Å². The Morgan fingerprint density at radius 2 is 2.15 bits per heavy atom. The van der Waals surface area contributed by atoms with E-state index in [2.05, 4.69) is 40.5 Å². The molecular formula is C14H28N6. The summed E-state index contributed by atoms with van der Waals surface area (Å²) in [7, 11) is 6.39. The van der Waals surface area contributed by atoms with Crippen LogP contribution in [0.1, 0.15) is 17.8 Å². The first kappa shape index (κ1) is 15.4. The van der Waals surface area contributed by atoms with E-state index in [0.717, 1.165) is 38.2 Å². The standard InChI is InChI=1S/C14H28N6/c1-11-7-13(20(4)17-11)8-12(16-15)9-14-10-18(2)5-6-19(14)3/h7,12,14,16H,5-6,8-10,15H2,1-4H3. The third-order valence-corrected chi connectivity index (χ3v) is 4.33. The van der Waals surface area contributed by atoms with Crippen molar-refractivity contribution in [2.24, 2.45) is 12.9 Å². The van der Waals surface area contributed by atoms with E-state index in [-0.39, 0.29) is 6.04 Å². The molecule has 6 heteroatoms. The molecule has 1 saturated heterocycles. The number of rotatable bonds is 5. The molecule has 0 amide bonds. The van der Waals surface area contributed by atoms with Crippen molar-refractivity contribution in [3.05, 3.63) is 17.5 Å². The first-order chi connectivity index (χ1) is 9.49. The normalized spacial score (nSPS) is 23.1. The van der Waals surface area contributed by atoms with Gasteiger partial charge in [-0.3, -0.25) is 16.0 Å². The largest absolute Gasteiger partial charge is 0.304 e. The van der Waals surface area contributed by atoms with Crippen molar-refractivity contribution in [3.63, 3.8) is 0 Å². The highest BCUT2D eigenvalue weighted by Gasteiger charge is 2.25. The maximum atomic E-state index is 5.76. The van der Waals surface area contributed by atoms with Gasteiger partial charge in [-0.25, -0.2) is 0 Å². The highest BCUT2D eigenvalue weighted by molar-refractivity contribution is 5.10. The number of hydrogen-bond donors (Lipinski definition) is 2. The van der Waals surface area contributed by atoms with Crippen LogP contribution >= 0.6 is 0 Å². The minimum atomic E-state index is 0.281. The van der Waals surface area contributed by atoms with E-state index in [1.807, 2.05) is 18.7 Å². The highest BCUT2D eigenvalue weighted by atomic mass is 15.3. The van der Waals surface area contributed by atoms with Gasteiger partial charge in [-0.15, -0.1) is 0 Å². The molecule has 2 heterocycles. The first-order valence-electron chi connectivity index (χ1n) is 7.34. The molecule has 1 fully saturated rings. The summed E-state index contributed by atoms with van der Waals surface area (Å²) in [5.74, 6) is 5.76. The second-order valence-corrected chi connectivity index (χ2v) is 6.10. The minimum absolute atomic E-state index is 0.281. The zero-order chi connectivity index (χ0) is 14.7. The lowest BCUT2D eigenvalue weighted by Gasteiger charge is -2.39. The van der Waals surface area contributed by atoms with Gasteiger partial charge in [0.1, 0.15) is 0 Å². The lowest BCUT2D eigenvalue weighted by Crippen LogP contribution is -2.53.